The van der Waals surface area contributed by atoms with Crippen molar-refractivity contribution < 1.29 is 4.74 Å². The van der Waals surface area contributed by atoms with Crippen LogP contribution in [0, 0.1) is 12.3 Å². The second-order valence-electron chi connectivity index (χ2n) is 3.05. The van der Waals surface area contributed by atoms with E-state index in [9.17, 15) is 0 Å². The summed E-state index contributed by atoms with van der Waals surface area (Å²) in [5.41, 5.74) is 0. The minimum Gasteiger partial charge on any atom is -0.383 e. The topological polar surface area (TPSA) is 52.0 Å². The second kappa shape index (κ2) is 6.98. The smallest absolute Gasteiger partial charge is 0.164 e. The zero-order valence-corrected chi connectivity index (χ0v) is 8.94. The van der Waals surface area contributed by atoms with Crippen LogP contribution in [0.1, 0.15) is 12.2 Å². The molecule has 0 aliphatic rings. The molecular formula is C10H16N4O. The van der Waals surface area contributed by atoms with Crippen molar-refractivity contribution in [3.8, 4) is 12.3 Å². The van der Waals surface area contributed by atoms with Gasteiger partial charge in [-0.05, 0) is 0 Å². The molecule has 5 heteroatoms. The minimum absolute atomic E-state index is 0.659. The summed E-state index contributed by atoms with van der Waals surface area (Å²) in [5.74, 6) is 3.35. The number of nitrogens with zero attached hydrogens (tertiary/aromatic N) is 3. The molecule has 5 nitrogen and oxygen atoms in total. The van der Waals surface area contributed by atoms with Crippen molar-refractivity contribution in [1.82, 2.24) is 20.1 Å². The van der Waals surface area contributed by atoms with Gasteiger partial charge in [-0.2, -0.15) is 5.10 Å². The lowest BCUT2D eigenvalue weighted by Gasteiger charge is -1.99. The monoisotopic (exact) mass is 208 g/mol. The predicted molar refractivity (Wildman–Crippen MR) is 57.1 cm³/mol. The first-order chi connectivity index (χ1) is 7.36. The van der Waals surface area contributed by atoms with Crippen LogP contribution >= 0.6 is 0 Å². The Balaban J connectivity index is 2.24. The number of ether oxygens (including phenoxy) is 1. The number of methoxy groups -OCH3 is 1. The van der Waals surface area contributed by atoms with Gasteiger partial charge in [0, 0.05) is 20.1 Å². The van der Waals surface area contributed by atoms with E-state index in [0.29, 0.717) is 19.6 Å². The van der Waals surface area contributed by atoms with Gasteiger partial charge in [0.2, 0.25) is 0 Å². The third-order valence-corrected chi connectivity index (χ3v) is 1.84. The summed E-state index contributed by atoms with van der Waals surface area (Å²) in [6, 6.07) is 0. The first-order valence-electron chi connectivity index (χ1n) is 4.88. The van der Waals surface area contributed by atoms with Gasteiger partial charge in [-0.15, -0.1) is 12.3 Å². The molecule has 1 aromatic rings. The Bertz CT molecular complexity index is 315. The van der Waals surface area contributed by atoms with Gasteiger partial charge >= 0.3 is 0 Å². The third-order valence-electron chi connectivity index (χ3n) is 1.84. The van der Waals surface area contributed by atoms with Gasteiger partial charge in [0.05, 0.1) is 19.7 Å². The molecule has 0 aromatic carbocycles. The Morgan fingerprint density at radius 3 is 3.27 bits per heavy atom. The van der Waals surface area contributed by atoms with Crippen molar-refractivity contribution >= 4 is 0 Å². The van der Waals surface area contributed by atoms with E-state index in [4.69, 9.17) is 11.2 Å². The lowest BCUT2D eigenvalue weighted by molar-refractivity contribution is 0.199. The molecule has 0 radical (unpaired) electrons. The van der Waals surface area contributed by atoms with Crippen LogP contribution in [-0.2, 0) is 17.8 Å². The van der Waals surface area contributed by atoms with Gasteiger partial charge in [-0.1, -0.05) is 0 Å². The highest BCUT2D eigenvalue weighted by atomic mass is 16.5. The van der Waals surface area contributed by atoms with Crippen LogP contribution in [0.25, 0.3) is 0 Å². The third kappa shape index (κ3) is 4.58. The molecule has 0 aliphatic heterocycles. The SMILES string of the molecule is C#CCCn1cnc(CNCCOC)n1. The Morgan fingerprint density at radius 1 is 1.67 bits per heavy atom. The first kappa shape index (κ1) is 11.7. The van der Waals surface area contributed by atoms with E-state index in [1.165, 1.54) is 0 Å². The quantitative estimate of drug-likeness (QED) is 0.507. The Hall–Kier alpha value is -1.38. The van der Waals surface area contributed by atoms with Crippen LogP contribution in [0.3, 0.4) is 0 Å². The second-order valence-corrected chi connectivity index (χ2v) is 3.05. The average Bonchev–Trinajstić information content (AvgIpc) is 2.69. The summed E-state index contributed by atoms with van der Waals surface area (Å²) >= 11 is 0. The fraction of sp³-hybridized carbons (Fsp3) is 0.600. The first-order valence-corrected chi connectivity index (χ1v) is 4.88. The molecular weight excluding hydrogens is 192 g/mol. The molecule has 0 bridgehead atoms. The summed E-state index contributed by atoms with van der Waals surface area (Å²) in [4.78, 5) is 4.15. The molecule has 0 atom stereocenters. The molecule has 82 valence electrons. The molecule has 0 fully saturated rings. The molecule has 15 heavy (non-hydrogen) atoms. The van der Waals surface area contributed by atoms with Gasteiger partial charge in [0.25, 0.3) is 0 Å². The normalized spacial score (nSPS) is 10.1. The van der Waals surface area contributed by atoms with Gasteiger partial charge in [-0.25, -0.2) is 4.98 Å². The Labute approximate surface area is 89.8 Å². The number of terminal acetylenes is 1. The Kier molecular flexibility index (Phi) is 5.44. The summed E-state index contributed by atoms with van der Waals surface area (Å²) < 4.78 is 6.66. The van der Waals surface area contributed by atoms with Crippen LogP contribution < -0.4 is 5.32 Å². The highest BCUT2D eigenvalue weighted by Gasteiger charge is 1.99. The van der Waals surface area contributed by atoms with E-state index in [0.717, 1.165) is 18.9 Å². The van der Waals surface area contributed by atoms with Crippen molar-refractivity contribution in [2.75, 3.05) is 20.3 Å². The highest BCUT2D eigenvalue weighted by Crippen LogP contribution is 1.91. The maximum absolute atomic E-state index is 5.16. The van der Waals surface area contributed by atoms with E-state index < -0.39 is 0 Å². The van der Waals surface area contributed by atoms with Crippen molar-refractivity contribution in [3.63, 3.8) is 0 Å². The highest BCUT2D eigenvalue weighted by molar-refractivity contribution is 4.85. The number of hydrogen-bond donors (Lipinski definition) is 1. The molecule has 0 amide bonds. The molecule has 0 unspecified atom stereocenters. The summed E-state index contributed by atoms with van der Waals surface area (Å²) in [6.45, 7) is 2.88. The van der Waals surface area contributed by atoms with Crippen molar-refractivity contribution in [3.05, 3.63) is 12.2 Å². The van der Waals surface area contributed by atoms with Gasteiger partial charge < -0.3 is 10.1 Å². The van der Waals surface area contributed by atoms with E-state index in [1.807, 2.05) is 0 Å². The minimum atomic E-state index is 0.659. The number of aromatic nitrogens is 3. The van der Waals surface area contributed by atoms with Gasteiger partial charge in [0.15, 0.2) is 5.82 Å². The number of rotatable bonds is 7. The van der Waals surface area contributed by atoms with Crippen LogP contribution in [-0.4, -0.2) is 35.0 Å². The summed E-state index contributed by atoms with van der Waals surface area (Å²) in [5, 5.41) is 7.42. The molecule has 1 rings (SSSR count). The Morgan fingerprint density at radius 2 is 2.53 bits per heavy atom. The molecule has 0 saturated heterocycles. The van der Waals surface area contributed by atoms with Crippen LogP contribution in [0.5, 0.6) is 0 Å². The van der Waals surface area contributed by atoms with Crippen LogP contribution in [0.4, 0.5) is 0 Å². The maximum Gasteiger partial charge on any atom is 0.164 e. The number of aryl methyl sites for hydroxylation is 1. The van der Waals surface area contributed by atoms with Gasteiger partial charge in [-0.3, -0.25) is 4.68 Å². The fourth-order valence-corrected chi connectivity index (χ4v) is 1.08. The van der Waals surface area contributed by atoms with E-state index in [-0.39, 0.29) is 0 Å². The van der Waals surface area contributed by atoms with E-state index in [2.05, 4.69) is 21.3 Å². The number of hydrogen-bond acceptors (Lipinski definition) is 4. The van der Waals surface area contributed by atoms with Crippen molar-refractivity contribution in [2.24, 2.45) is 0 Å². The average molecular weight is 208 g/mol. The molecule has 1 aromatic heterocycles. The molecule has 1 N–H and O–H groups in total. The lowest BCUT2D eigenvalue weighted by atomic mass is 10.4. The van der Waals surface area contributed by atoms with Crippen molar-refractivity contribution in [1.29, 1.82) is 0 Å². The number of nitrogens with one attached hydrogen (secondary N) is 1. The van der Waals surface area contributed by atoms with Crippen LogP contribution in [0.2, 0.25) is 0 Å². The van der Waals surface area contributed by atoms with Crippen molar-refractivity contribution in [2.45, 2.75) is 19.5 Å². The lowest BCUT2D eigenvalue weighted by Crippen LogP contribution is -2.19. The fourth-order valence-electron chi connectivity index (χ4n) is 1.08. The standard InChI is InChI=1S/C10H16N4O/c1-3-4-6-14-9-12-10(13-14)8-11-5-7-15-2/h1,9,11H,4-8H2,2H3. The zero-order chi connectivity index (χ0) is 10.9. The van der Waals surface area contributed by atoms with E-state index >= 15 is 0 Å². The maximum atomic E-state index is 5.16. The largest absolute Gasteiger partial charge is 0.383 e. The molecule has 1 heterocycles. The molecule has 0 spiro atoms. The molecule has 0 saturated carbocycles. The van der Waals surface area contributed by atoms with Gasteiger partial charge in [0.1, 0.15) is 6.33 Å². The summed E-state index contributed by atoms with van der Waals surface area (Å²) in [6.07, 6.45) is 7.54. The zero-order valence-electron chi connectivity index (χ0n) is 8.94. The summed E-state index contributed by atoms with van der Waals surface area (Å²) in [7, 11) is 1.68. The van der Waals surface area contributed by atoms with Crippen LogP contribution in [0.15, 0.2) is 6.33 Å². The molecule has 0 aliphatic carbocycles. The van der Waals surface area contributed by atoms with E-state index in [1.54, 1.807) is 18.1 Å². The predicted octanol–water partition coefficient (Wildman–Crippen LogP) is 0.0374.